The molecular formula is C15H29N3O2. The van der Waals surface area contributed by atoms with Gasteiger partial charge in [0.25, 0.3) is 0 Å². The number of carbonyl (C=O) groups excluding carboxylic acids is 2. The lowest BCUT2D eigenvalue weighted by molar-refractivity contribution is -0.133. The molecule has 0 bridgehead atoms. The van der Waals surface area contributed by atoms with Crippen molar-refractivity contribution < 1.29 is 9.59 Å². The van der Waals surface area contributed by atoms with Crippen molar-refractivity contribution in [2.24, 2.45) is 11.7 Å². The molecule has 0 saturated carbocycles. The summed E-state index contributed by atoms with van der Waals surface area (Å²) in [6.45, 7) is 6.36. The van der Waals surface area contributed by atoms with Crippen LogP contribution in [0.4, 0.5) is 0 Å². The number of likely N-dealkylation sites (tertiary alicyclic amines) is 1. The van der Waals surface area contributed by atoms with Crippen LogP contribution in [0.3, 0.4) is 0 Å². The Bertz CT molecular complexity index is 318. The smallest absolute Gasteiger partial charge is 0.222 e. The van der Waals surface area contributed by atoms with Gasteiger partial charge in [-0.05, 0) is 38.5 Å². The van der Waals surface area contributed by atoms with Crippen LogP contribution >= 0.6 is 0 Å². The predicted molar refractivity (Wildman–Crippen MR) is 80.1 cm³/mol. The first-order chi connectivity index (χ1) is 9.54. The van der Waals surface area contributed by atoms with Crippen LogP contribution in [0.25, 0.3) is 0 Å². The van der Waals surface area contributed by atoms with Gasteiger partial charge in [0.05, 0.1) is 0 Å². The molecule has 1 saturated heterocycles. The van der Waals surface area contributed by atoms with E-state index in [2.05, 4.69) is 5.32 Å². The number of amides is 2. The van der Waals surface area contributed by atoms with Crippen LogP contribution in [0.1, 0.15) is 52.4 Å². The van der Waals surface area contributed by atoms with Crippen molar-refractivity contribution in [3.63, 3.8) is 0 Å². The molecule has 20 heavy (non-hydrogen) atoms. The second kappa shape index (κ2) is 8.95. The van der Waals surface area contributed by atoms with E-state index >= 15 is 0 Å². The van der Waals surface area contributed by atoms with E-state index in [-0.39, 0.29) is 17.9 Å². The maximum Gasteiger partial charge on any atom is 0.222 e. The SMILES string of the molecule is CCCNC(=O)CCCC(=O)N1CCCC(C(C)N)C1. The maximum absolute atomic E-state index is 12.1. The van der Waals surface area contributed by atoms with Crippen LogP contribution in [0, 0.1) is 5.92 Å². The first-order valence-corrected chi connectivity index (χ1v) is 7.84. The van der Waals surface area contributed by atoms with Gasteiger partial charge >= 0.3 is 0 Å². The zero-order valence-corrected chi connectivity index (χ0v) is 12.9. The zero-order valence-electron chi connectivity index (χ0n) is 12.9. The van der Waals surface area contributed by atoms with Gasteiger partial charge in [0.1, 0.15) is 0 Å². The van der Waals surface area contributed by atoms with Gasteiger partial charge in [-0.25, -0.2) is 0 Å². The Kier molecular flexibility index (Phi) is 7.59. The second-order valence-corrected chi connectivity index (χ2v) is 5.80. The zero-order chi connectivity index (χ0) is 15.0. The molecule has 0 aromatic heterocycles. The summed E-state index contributed by atoms with van der Waals surface area (Å²) in [5.74, 6) is 0.631. The van der Waals surface area contributed by atoms with E-state index in [9.17, 15) is 9.59 Å². The third kappa shape index (κ3) is 5.90. The number of hydrogen-bond donors (Lipinski definition) is 2. The van der Waals surface area contributed by atoms with Crippen LogP contribution in [-0.4, -0.2) is 42.4 Å². The molecule has 1 aliphatic rings. The van der Waals surface area contributed by atoms with E-state index in [1.54, 1.807) is 0 Å². The highest BCUT2D eigenvalue weighted by molar-refractivity contribution is 5.79. The van der Waals surface area contributed by atoms with Crippen LogP contribution < -0.4 is 11.1 Å². The first kappa shape index (κ1) is 17.0. The highest BCUT2D eigenvalue weighted by Gasteiger charge is 2.25. The molecule has 2 atom stereocenters. The van der Waals surface area contributed by atoms with E-state index in [1.807, 2.05) is 18.7 Å². The summed E-state index contributed by atoms with van der Waals surface area (Å²) in [6, 6.07) is 0.144. The Morgan fingerprint density at radius 2 is 2.15 bits per heavy atom. The van der Waals surface area contributed by atoms with E-state index in [1.165, 1.54) is 0 Å². The Hall–Kier alpha value is -1.10. The fourth-order valence-electron chi connectivity index (χ4n) is 2.58. The molecule has 3 N–H and O–H groups in total. The van der Waals surface area contributed by atoms with Crippen LogP contribution in [0.2, 0.25) is 0 Å². The summed E-state index contributed by atoms with van der Waals surface area (Å²) in [5.41, 5.74) is 5.92. The molecule has 0 aromatic rings. The van der Waals surface area contributed by atoms with Gasteiger partial charge in [-0.1, -0.05) is 6.92 Å². The molecule has 0 spiro atoms. The van der Waals surface area contributed by atoms with Gasteiger partial charge in [0.15, 0.2) is 0 Å². The maximum atomic E-state index is 12.1. The molecule has 1 aliphatic heterocycles. The van der Waals surface area contributed by atoms with Crippen molar-refractivity contribution in [2.75, 3.05) is 19.6 Å². The molecule has 2 unspecified atom stereocenters. The lowest BCUT2D eigenvalue weighted by atomic mass is 9.92. The third-order valence-corrected chi connectivity index (χ3v) is 3.92. The normalized spacial score (nSPS) is 20.6. The number of piperidine rings is 1. The van der Waals surface area contributed by atoms with Crippen molar-refractivity contribution in [3.05, 3.63) is 0 Å². The fourth-order valence-corrected chi connectivity index (χ4v) is 2.58. The number of nitrogens with zero attached hydrogens (tertiary/aromatic N) is 1. The monoisotopic (exact) mass is 283 g/mol. The Morgan fingerprint density at radius 1 is 1.40 bits per heavy atom. The molecule has 1 fully saturated rings. The second-order valence-electron chi connectivity index (χ2n) is 5.80. The van der Waals surface area contributed by atoms with Crippen molar-refractivity contribution in [3.8, 4) is 0 Å². The van der Waals surface area contributed by atoms with Gasteiger partial charge < -0.3 is 16.0 Å². The molecule has 5 nitrogen and oxygen atoms in total. The third-order valence-electron chi connectivity index (χ3n) is 3.92. The van der Waals surface area contributed by atoms with Crippen molar-refractivity contribution in [1.29, 1.82) is 0 Å². The molecular weight excluding hydrogens is 254 g/mol. The quantitative estimate of drug-likeness (QED) is 0.739. The highest BCUT2D eigenvalue weighted by atomic mass is 16.2. The van der Waals surface area contributed by atoms with Gasteiger partial charge in [-0.2, -0.15) is 0 Å². The summed E-state index contributed by atoms with van der Waals surface area (Å²) in [4.78, 5) is 25.5. The lowest BCUT2D eigenvalue weighted by Crippen LogP contribution is -2.45. The van der Waals surface area contributed by atoms with E-state index < -0.39 is 0 Å². The molecule has 0 aromatic carbocycles. The van der Waals surface area contributed by atoms with Gasteiger partial charge in [0, 0.05) is 38.5 Å². The van der Waals surface area contributed by atoms with Crippen LogP contribution in [-0.2, 0) is 9.59 Å². The molecule has 5 heteroatoms. The minimum Gasteiger partial charge on any atom is -0.356 e. The van der Waals surface area contributed by atoms with Gasteiger partial charge in [0.2, 0.25) is 11.8 Å². The molecule has 116 valence electrons. The lowest BCUT2D eigenvalue weighted by Gasteiger charge is -2.34. The highest BCUT2D eigenvalue weighted by Crippen LogP contribution is 2.19. The molecule has 1 rings (SSSR count). The summed E-state index contributed by atoms with van der Waals surface area (Å²) >= 11 is 0. The number of hydrogen-bond acceptors (Lipinski definition) is 3. The topological polar surface area (TPSA) is 75.4 Å². The average molecular weight is 283 g/mol. The molecule has 0 radical (unpaired) electrons. The minimum atomic E-state index is 0.0479. The van der Waals surface area contributed by atoms with E-state index in [0.29, 0.717) is 25.2 Å². The minimum absolute atomic E-state index is 0.0479. The Balaban J connectivity index is 2.23. The van der Waals surface area contributed by atoms with Crippen LogP contribution in [0.5, 0.6) is 0 Å². The predicted octanol–water partition coefficient (Wildman–Crippen LogP) is 1.27. The van der Waals surface area contributed by atoms with Gasteiger partial charge in [-0.15, -0.1) is 0 Å². The van der Waals surface area contributed by atoms with Crippen molar-refractivity contribution >= 4 is 11.8 Å². The summed E-state index contributed by atoms with van der Waals surface area (Å²) < 4.78 is 0. The Morgan fingerprint density at radius 3 is 2.80 bits per heavy atom. The number of carbonyl (C=O) groups is 2. The first-order valence-electron chi connectivity index (χ1n) is 7.84. The average Bonchev–Trinajstić information content (AvgIpc) is 2.45. The Labute approximate surface area is 122 Å². The van der Waals surface area contributed by atoms with E-state index in [0.717, 1.165) is 38.9 Å². The van der Waals surface area contributed by atoms with Crippen molar-refractivity contribution in [2.45, 2.75) is 58.4 Å². The number of rotatable bonds is 7. The summed E-state index contributed by atoms with van der Waals surface area (Å²) in [6.07, 6.45) is 4.63. The molecule has 1 heterocycles. The standard InChI is InChI=1S/C15H29N3O2/c1-3-9-17-14(19)7-4-8-15(20)18-10-5-6-13(11-18)12(2)16/h12-13H,3-11,16H2,1-2H3,(H,17,19). The number of nitrogens with one attached hydrogen (secondary N) is 1. The van der Waals surface area contributed by atoms with Crippen LogP contribution in [0.15, 0.2) is 0 Å². The summed E-state index contributed by atoms with van der Waals surface area (Å²) in [5, 5.41) is 2.83. The molecule has 0 aliphatic carbocycles. The van der Waals surface area contributed by atoms with E-state index in [4.69, 9.17) is 5.73 Å². The van der Waals surface area contributed by atoms with Crippen molar-refractivity contribution in [1.82, 2.24) is 10.2 Å². The largest absolute Gasteiger partial charge is 0.356 e. The number of nitrogens with two attached hydrogens (primary N) is 1. The van der Waals surface area contributed by atoms with Gasteiger partial charge in [-0.3, -0.25) is 9.59 Å². The summed E-state index contributed by atoms with van der Waals surface area (Å²) in [7, 11) is 0. The molecule has 2 amide bonds. The fraction of sp³-hybridized carbons (Fsp3) is 0.867.